The van der Waals surface area contributed by atoms with E-state index >= 15 is 0 Å². The average Bonchev–Trinajstić information content (AvgIpc) is 2.51. The van der Waals surface area contributed by atoms with Crippen molar-refractivity contribution in [3.8, 4) is 0 Å². The zero-order valence-electron chi connectivity index (χ0n) is 7.72. The molecule has 0 bridgehead atoms. The highest BCUT2D eigenvalue weighted by atomic mass is 15.6. The van der Waals surface area contributed by atoms with Crippen molar-refractivity contribution in [3.05, 3.63) is 0 Å². The van der Waals surface area contributed by atoms with Gasteiger partial charge in [-0.2, -0.15) is 0 Å². The molecule has 1 aliphatic rings. The first-order valence-electron chi connectivity index (χ1n) is 4.50. The number of nitrogens with two attached hydrogens (primary N) is 1. The monoisotopic (exact) mass is 182 g/mol. The molecular weight excluding hydrogens is 168 g/mol. The summed E-state index contributed by atoms with van der Waals surface area (Å²) in [4.78, 5) is 2.13. The first-order chi connectivity index (χ1) is 6.27. The van der Waals surface area contributed by atoms with Gasteiger partial charge in [-0.25, -0.2) is 4.68 Å². The number of rotatable bonds is 1. The number of hydrogen-bond donors (Lipinski definition) is 1. The zero-order valence-corrected chi connectivity index (χ0v) is 7.72. The fourth-order valence-electron chi connectivity index (χ4n) is 1.68. The van der Waals surface area contributed by atoms with Gasteiger partial charge in [0.15, 0.2) is 0 Å². The Morgan fingerprint density at radius 3 is 3.00 bits per heavy atom. The van der Waals surface area contributed by atoms with Crippen LogP contribution in [0.2, 0.25) is 0 Å². The second kappa shape index (κ2) is 3.29. The molecule has 1 unspecified atom stereocenters. The molecule has 2 N–H and O–H groups in total. The quantitative estimate of drug-likeness (QED) is 0.611. The fourth-order valence-corrected chi connectivity index (χ4v) is 1.68. The Hall–Kier alpha value is -1.17. The Bertz CT molecular complexity index is 282. The maximum atomic E-state index is 5.86. The van der Waals surface area contributed by atoms with Gasteiger partial charge < -0.3 is 10.6 Å². The number of nitrogens with zero attached hydrogens (tertiary/aromatic N) is 5. The van der Waals surface area contributed by atoms with Crippen LogP contribution in [0, 0.1) is 0 Å². The summed E-state index contributed by atoms with van der Waals surface area (Å²) >= 11 is 0. The maximum Gasteiger partial charge on any atom is 0.245 e. The summed E-state index contributed by atoms with van der Waals surface area (Å²) in [6.07, 6.45) is 2.22. The molecule has 0 aromatic carbocycles. The molecule has 1 aromatic rings. The number of piperidine rings is 1. The number of aryl methyl sites for hydroxylation is 1. The van der Waals surface area contributed by atoms with Gasteiger partial charge in [0.25, 0.3) is 0 Å². The second-order valence-corrected chi connectivity index (χ2v) is 3.45. The second-order valence-electron chi connectivity index (χ2n) is 3.45. The highest BCUT2D eigenvalue weighted by molar-refractivity contribution is 5.28. The summed E-state index contributed by atoms with van der Waals surface area (Å²) in [6.45, 7) is 1.86. The molecule has 13 heavy (non-hydrogen) atoms. The molecule has 1 atom stereocenters. The van der Waals surface area contributed by atoms with Crippen molar-refractivity contribution < 1.29 is 0 Å². The van der Waals surface area contributed by atoms with Gasteiger partial charge in [0, 0.05) is 26.2 Å². The van der Waals surface area contributed by atoms with Crippen molar-refractivity contribution in [1.29, 1.82) is 0 Å². The Morgan fingerprint density at radius 1 is 1.54 bits per heavy atom. The largest absolute Gasteiger partial charge is 0.338 e. The van der Waals surface area contributed by atoms with Gasteiger partial charge in [-0.3, -0.25) is 0 Å². The fraction of sp³-hybridized carbons (Fsp3) is 0.857. The number of aromatic nitrogens is 4. The van der Waals surface area contributed by atoms with Gasteiger partial charge in [0.2, 0.25) is 5.95 Å². The van der Waals surface area contributed by atoms with Crippen LogP contribution in [0.4, 0.5) is 5.95 Å². The summed E-state index contributed by atoms with van der Waals surface area (Å²) < 4.78 is 1.68. The lowest BCUT2D eigenvalue weighted by atomic mass is 10.1. The number of tetrazole rings is 1. The zero-order chi connectivity index (χ0) is 9.26. The summed E-state index contributed by atoms with van der Waals surface area (Å²) in [5.74, 6) is 0.815. The van der Waals surface area contributed by atoms with Crippen LogP contribution in [0.15, 0.2) is 0 Å². The first kappa shape index (κ1) is 8.43. The molecule has 1 aromatic heterocycles. The van der Waals surface area contributed by atoms with E-state index in [0.29, 0.717) is 0 Å². The van der Waals surface area contributed by atoms with Gasteiger partial charge in [-0.15, -0.1) is 0 Å². The average molecular weight is 182 g/mol. The third-order valence-corrected chi connectivity index (χ3v) is 2.34. The van der Waals surface area contributed by atoms with E-state index in [1.807, 2.05) is 7.05 Å². The van der Waals surface area contributed by atoms with Crippen molar-refractivity contribution in [2.24, 2.45) is 12.8 Å². The summed E-state index contributed by atoms with van der Waals surface area (Å²) in [5.41, 5.74) is 5.86. The topological polar surface area (TPSA) is 72.9 Å². The lowest BCUT2D eigenvalue weighted by Gasteiger charge is -2.30. The molecule has 1 fully saturated rings. The SMILES string of the molecule is Cn1nnnc1N1CCCC(N)C1. The number of hydrogen-bond acceptors (Lipinski definition) is 5. The van der Waals surface area contributed by atoms with Gasteiger partial charge in [-0.05, 0) is 23.3 Å². The normalized spacial score (nSPS) is 23.5. The molecule has 72 valence electrons. The van der Waals surface area contributed by atoms with Crippen LogP contribution >= 0.6 is 0 Å². The first-order valence-corrected chi connectivity index (χ1v) is 4.50. The molecule has 6 heteroatoms. The van der Waals surface area contributed by atoms with E-state index in [2.05, 4.69) is 20.4 Å². The smallest absolute Gasteiger partial charge is 0.245 e. The molecule has 0 spiro atoms. The Balaban J connectivity index is 2.12. The third-order valence-electron chi connectivity index (χ3n) is 2.34. The molecular formula is C7H14N6. The van der Waals surface area contributed by atoms with Crippen molar-refractivity contribution in [2.45, 2.75) is 18.9 Å². The van der Waals surface area contributed by atoms with Gasteiger partial charge in [0.05, 0.1) is 0 Å². The van der Waals surface area contributed by atoms with Gasteiger partial charge >= 0.3 is 0 Å². The van der Waals surface area contributed by atoms with Crippen LogP contribution < -0.4 is 10.6 Å². The van der Waals surface area contributed by atoms with Crippen LogP contribution in [-0.4, -0.2) is 39.3 Å². The Morgan fingerprint density at radius 2 is 2.38 bits per heavy atom. The van der Waals surface area contributed by atoms with Gasteiger partial charge in [-0.1, -0.05) is 5.10 Å². The van der Waals surface area contributed by atoms with E-state index in [9.17, 15) is 0 Å². The predicted octanol–water partition coefficient (Wildman–Crippen LogP) is -0.862. The van der Waals surface area contributed by atoms with Crippen LogP contribution in [0.25, 0.3) is 0 Å². The standard InChI is InChI=1S/C7H14N6/c1-12-7(9-10-11-12)13-4-2-3-6(8)5-13/h6H,2-5,8H2,1H3. The summed E-state index contributed by atoms with van der Waals surface area (Å²) in [7, 11) is 1.84. The van der Waals surface area contributed by atoms with Crippen LogP contribution in [-0.2, 0) is 7.05 Å². The van der Waals surface area contributed by atoms with Crippen molar-refractivity contribution >= 4 is 5.95 Å². The molecule has 2 heterocycles. The predicted molar refractivity (Wildman–Crippen MR) is 48.2 cm³/mol. The maximum absolute atomic E-state index is 5.86. The third kappa shape index (κ3) is 1.62. The van der Waals surface area contributed by atoms with Crippen molar-refractivity contribution in [2.75, 3.05) is 18.0 Å². The van der Waals surface area contributed by atoms with E-state index in [1.165, 1.54) is 0 Å². The van der Waals surface area contributed by atoms with E-state index in [-0.39, 0.29) is 6.04 Å². The summed E-state index contributed by atoms with van der Waals surface area (Å²) in [5, 5.41) is 11.3. The van der Waals surface area contributed by atoms with Crippen LogP contribution in [0.1, 0.15) is 12.8 Å². The molecule has 0 amide bonds. The molecule has 0 radical (unpaired) electrons. The van der Waals surface area contributed by atoms with Crippen LogP contribution in [0.3, 0.4) is 0 Å². The molecule has 1 saturated heterocycles. The molecule has 0 aliphatic carbocycles. The highest BCUT2D eigenvalue weighted by Crippen LogP contribution is 2.14. The van der Waals surface area contributed by atoms with E-state index < -0.39 is 0 Å². The van der Waals surface area contributed by atoms with Crippen LogP contribution in [0.5, 0.6) is 0 Å². The minimum Gasteiger partial charge on any atom is -0.338 e. The van der Waals surface area contributed by atoms with Gasteiger partial charge in [0.1, 0.15) is 0 Å². The highest BCUT2D eigenvalue weighted by Gasteiger charge is 2.20. The minimum absolute atomic E-state index is 0.255. The molecule has 2 rings (SSSR count). The lowest BCUT2D eigenvalue weighted by Crippen LogP contribution is -2.43. The lowest BCUT2D eigenvalue weighted by molar-refractivity contribution is 0.494. The number of anilines is 1. The van der Waals surface area contributed by atoms with E-state index in [0.717, 1.165) is 31.9 Å². The van der Waals surface area contributed by atoms with Crippen molar-refractivity contribution in [1.82, 2.24) is 20.2 Å². The van der Waals surface area contributed by atoms with Crippen molar-refractivity contribution in [3.63, 3.8) is 0 Å². The molecule has 6 nitrogen and oxygen atoms in total. The van der Waals surface area contributed by atoms with E-state index in [1.54, 1.807) is 4.68 Å². The van der Waals surface area contributed by atoms with E-state index in [4.69, 9.17) is 5.73 Å². The Kier molecular flexibility index (Phi) is 2.13. The summed E-state index contributed by atoms with van der Waals surface area (Å²) in [6, 6.07) is 0.255. The minimum atomic E-state index is 0.255. The Labute approximate surface area is 76.7 Å². The molecule has 0 saturated carbocycles. The molecule has 1 aliphatic heterocycles.